The van der Waals surface area contributed by atoms with Gasteiger partial charge in [0.05, 0.1) is 6.17 Å². The van der Waals surface area contributed by atoms with Crippen LogP contribution in [0, 0.1) is 5.41 Å². The van der Waals surface area contributed by atoms with E-state index < -0.39 is 0 Å². The highest BCUT2D eigenvalue weighted by Gasteiger charge is 2.49. The lowest BCUT2D eigenvalue weighted by molar-refractivity contribution is -0.0764. The van der Waals surface area contributed by atoms with Crippen LogP contribution in [0.1, 0.15) is 69.0 Å². The Morgan fingerprint density at radius 1 is 1.04 bits per heavy atom. The Morgan fingerprint density at radius 2 is 1.79 bits per heavy atom. The molecule has 1 spiro atoms. The minimum absolute atomic E-state index is 0.554. The number of hydrogen-bond donors (Lipinski definition) is 2. The third kappa shape index (κ3) is 3.43. The molecule has 2 unspecified atom stereocenters. The summed E-state index contributed by atoms with van der Waals surface area (Å²) in [4.78, 5) is 5.63. The highest BCUT2D eigenvalue weighted by atomic mass is 15.4. The normalized spacial score (nSPS) is 31.7. The van der Waals surface area contributed by atoms with Crippen molar-refractivity contribution in [3.63, 3.8) is 0 Å². The minimum Gasteiger partial charge on any atom is -0.317 e. The molecule has 0 radical (unpaired) electrons. The number of benzene rings is 1. The van der Waals surface area contributed by atoms with E-state index in [1.54, 1.807) is 11.1 Å². The first kappa shape index (κ1) is 19.0. The van der Waals surface area contributed by atoms with Crippen molar-refractivity contribution in [2.24, 2.45) is 5.41 Å². The summed E-state index contributed by atoms with van der Waals surface area (Å²) >= 11 is 0. The van der Waals surface area contributed by atoms with E-state index in [1.165, 1.54) is 71.4 Å². The molecule has 2 atom stereocenters. The van der Waals surface area contributed by atoms with E-state index >= 15 is 0 Å². The zero-order valence-corrected chi connectivity index (χ0v) is 17.8. The van der Waals surface area contributed by atoms with Gasteiger partial charge < -0.3 is 10.6 Å². The first-order valence-corrected chi connectivity index (χ1v) is 11.7. The van der Waals surface area contributed by atoms with Crippen LogP contribution in [0.4, 0.5) is 0 Å². The van der Waals surface area contributed by atoms with Gasteiger partial charge in [0.15, 0.2) is 0 Å². The molecule has 4 aliphatic rings. The van der Waals surface area contributed by atoms with Gasteiger partial charge in [0.1, 0.15) is 0 Å². The molecule has 1 aromatic rings. The second-order valence-corrected chi connectivity index (χ2v) is 10.1. The fourth-order valence-corrected chi connectivity index (χ4v) is 6.28. The van der Waals surface area contributed by atoms with Crippen LogP contribution >= 0.6 is 0 Å². The van der Waals surface area contributed by atoms with Gasteiger partial charge >= 0.3 is 0 Å². The van der Waals surface area contributed by atoms with Crippen molar-refractivity contribution in [1.29, 1.82) is 0 Å². The molecule has 1 saturated carbocycles. The predicted molar refractivity (Wildman–Crippen MR) is 116 cm³/mol. The Balaban J connectivity index is 1.38. The molecule has 0 bridgehead atoms. The Morgan fingerprint density at radius 3 is 2.46 bits per heavy atom. The molecule has 154 valence electrons. The van der Waals surface area contributed by atoms with E-state index in [0.29, 0.717) is 23.5 Å². The van der Waals surface area contributed by atoms with Gasteiger partial charge in [-0.3, -0.25) is 9.80 Å². The maximum absolute atomic E-state index is 3.64. The molecule has 3 aliphatic heterocycles. The molecule has 4 nitrogen and oxygen atoms in total. The number of hydrogen-bond acceptors (Lipinski definition) is 4. The highest BCUT2D eigenvalue weighted by molar-refractivity contribution is 5.33. The minimum atomic E-state index is 0.554. The van der Waals surface area contributed by atoms with E-state index in [2.05, 4.69) is 58.5 Å². The Hall–Kier alpha value is -0.940. The lowest BCUT2D eigenvalue weighted by Crippen LogP contribution is -2.64. The van der Waals surface area contributed by atoms with Crippen LogP contribution in [0.2, 0.25) is 0 Å². The van der Waals surface area contributed by atoms with Gasteiger partial charge in [-0.15, -0.1) is 0 Å². The van der Waals surface area contributed by atoms with Gasteiger partial charge in [0, 0.05) is 31.7 Å². The van der Waals surface area contributed by atoms with Crippen LogP contribution in [0.15, 0.2) is 24.3 Å². The standard InChI is InChI=1S/C24H38N4/c1-18(2)20-5-3-4-6-21(20)22-17-27(23-7-10-26-23)13-14-28(22)19-15-24(16-19)8-11-25-12-9-24/h3-6,18-19,22-23,25-26H,7-17H2,1-2H3. The van der Waals surface area contributed by atoms with E-state index in [0.717, 1.165) is 6.04 Å². The first-order valence-electron chi connectivity index (χ1n) is 11.7. The van der Waals surface area contributed by atoms with Gasteiger partial charge in [-0.2, -0.15) is 0 Å². The average Bonchev–Trinajstić information content (AvgIpc) is 2.65. The van der Waals surface area contributed by atoms with Crippen LogP contribution < -0.4 is 10.6 Å². The largest absolute Gasteiger partial charge is 0.317 e. The number of piperidine rings is 1. The lowest BCUT2D eigenvalue weighted by atomic mass is 9.60. The molecule has 4 heteroatoms. The quantitative estimate of drug-likeness (QED) is 0.836. The summed E-state index contributed by atoms with van der Waals surface area (Å²) < 4.78 is 0. The molecule has 28 heavy (non-hydrogen) atoms. The number of nitrogens with one attached hydrogen (secondary N) is 2. The van der Waals surface area contributed by atoms with Crippen LogP contribution in [0.3, 0.4) is 0 Å². The number of rotatable bonds is 4. The average molecular weight is 383 g/mol. The second-order valence-electron chi connectivity index (χ2n) is 10.1. The monoisotopic (exact) mass is 382 g/mol. The van der Waals surface area contributed by atoms with Gasteiger partial charge in [0.2, 0.25) is 0 Å². The topological polar surface area (TPSA) is 30.5 Å². The van der Waals surface area contributed by atoms with Crippen molar-refractivity contribution in [2.45, 2.75) is 70.1 Å². The molecule has 1 aliphatic carbocycles. The summed E-state index contributed by atoms with van der Waals surface area (Å²) in [6, 6.07) is 10.6. The summed E-state index contributed by atoms with van der Waals surface area (Å²) in [5.41, 5.74) is 3.80. The van der Waals surface area contributed by atoms with Crippen molar-refractivity contribution in [2.75, 3.05) is 39.3 Å². The van der Waals surface area contributed by atoms with Gasteiger partial charge in [-0.05, 0) is 74.2 Å². The smallest absolute Gasteiger partial charge is 0.0610 e. The van der Waals surface area contributed by atoms with Crippen molar-refractivity contribution in [1.82, 2.24) is 20.4 Å². The number of nitrogens with zero attached hydrogens (tertiary/aromatic N) is 2. The third-order valence-corrected chi connectivity index (χ3v) is 8.14. The molecule has 4 fully saturated rings. The maximum Gasteiger partial charge on any atom is 0.0610 e. The van der Waals surface area contributed by atoms with Crippen molar-refractivity contribution < 1.29 is 0 Å². The fourth-order valence-electron chi connectivity index (χ4n) is 6.28. The van der Waals surface area contributed by atoms with Crippen molar-refractivity contribution >= 4 is 0 Å². The van der Waals surface area contributed by atoms with E-state index in [4.69, 9.17) is 0 Å². The molecule has 2 N–H and O–H groups in total. The summed E-state index contributed by atoms with van der Waals surface area (Å²) in [6.07, 6.45) is 7.57. The van der Waals surface area contributed by atoms with Crippen LogP contribution in [-0.4, -0.2) is 61.3 Å². The summed E-state index contributed by atoms with van der Waals surface area (Å²) in [7, 11) is 0. The first-order chi connectivity index (χ1) is 13.7. The van der Waals surface area contributed by atoms with Crippen LogP contribution in [0.5, 0.6) is 0 Å². The molecular weight excluding hydrogens is 344 g/mol. The fraction of sp³-hybridized carbons (Fsp3) is 0.750. The molecule has 3 heterocycles. The summed E-state index contributed by atoms with van der Waals surface area (Å²) in [6.45, 7) is 12.0. The van der Waals surface area contributed by atoms with Crippen LogP contribution in [-0.2, 0) is 0 Å². The lowest BCUT2D eigenvalue weighted by Gasteiger charge is -2.58. The third-order valence-electron chi connectivity index (χ3n) is 8.14. The highest BCUT2D eigenvalue weighted by Crippen LogP contribution is 2.52. The van der Waals surface area contributed by atoms with E-state index in [-0.39, 0.29) is 0 Å². The van der Waals surface area contributed by atoms with E-state index in [9.17, 15) is 0 Å². The molecule has 5 rings (SSSR count). The molecule has 1 aromatic carbocycles. The van der Waals surface area contributed by atoms with Crippen molar-refractivity contribution in [3.05, 3.63) is 35.4 Å². The number of piperazine rings is 1. The predicted octanol–water partition coefficient (Wildman–Crippen LogP) is 3.32. The van der Waals surface area contributed by atoms with Gasteiger partial charge in [0.25, 0.3) is 0 Å². The molecule has 0 amide bonds. The van der Waals surface area contributed by atoms with Crippen LogP contribution in [0.25, 0.3) is 0 Å². The zero-order chi connectivity index (χ0) is 19.1. The molecular formula is C24H38N4. The zero-order valence-electron chi connectivity index (χ0n) is 17.8. The summed E-state index contributed by atoms with van der Waals surface area (Å²) in [5, 5.41) is 7.20. The SMILES string of the molecule is CC(C)c1ccccc1C1CN(C2CCN2)CCN1C1CC2(CCNCC2)C1. The Labute approximate surface area is 171 Å². The molecule has 3 saturated heterocycles. The Kier molecular flexibility index (Phi) is 5.25. The van der Waals surface area contributed by atoms with E-state index in [1.807, 2.05) is 0 Å². The molecule has 0 aromatic heterocycles. The van der Waals surface area contributed by atoms with Crippen molar-refractivity contribution in [3.8, 4) is 0 Å². The maximum atomic E-state index is 3.64. The Bertz CT molecular complexity index is 669. The van der Waals surface area contributed by atoms with Gasteiger partial charge in [-0.25, -0.2) is 0 Å². The summed E-state index contributed by atoms with van der Waals surface area (Å²) in [5.74, 6) is 0.590. The van der Waals surface area contributed by atoms with Gasteiger partial charge in [-0.1, -0.05) is 38.1 Å². The second kappa shape index (κ2) is 7.71.